The van der Waals surface area contributed by atoms with E-state index in [0.717, 1.165) is 0 Å². The molecule has 0 atom stereocenters. The number of rotatable bonds is 5. The highest BCUT2D eigenvalue weighted by molar-refractivity contribution is 6.14. The maximum atomic E-state index is 12.8. The summed E-state index contributed by atoms with van der Waals surface area (Å²) in [5.74, 6) is -1.50. The molecule has 0 aliphatic heterocycles. The van der Waals surface area contributed by atoms with Gasteiger partial charge in [-0.05, 0) is 24.3 Å². The van der Waals surface area contributed by atoms with Gasteiger partial charge in [0.25, 0.3) is 17.7 Å². The number of nitrogens with two attached hydrogens (primary N) is 1. The number of nitrogens with zero attached hydrogens (tertiary/aromatic N) is 2. The number of aromatic amines is 2. The quantitative estimate of drug-likeness (QED) is 0.352. The van der Waals surface area contributed by atoms with Crippen LogP contribution in [0.15, 0.2) is 54.9 Å². The Hall–Kier alpha value is -4.47. The van der Waals surface area contributed by atoms with Crippen molar-refractivity contribution in [3.8, 4) is 0 Å². The second-order valence-electron chi connectivity index (χ2n) is 6.08. The Morgan fingerprint density at radius 3 is 2.48 bits per heavy atom. The molecule has 2 aromatic heterocycles. The molecule has 0 spiro atoms. The maximum absolute atomic E-state index is 12.8. The number of primary amides is 1. The summed E-state index contributed by atoms with van der Waals surface area (Å²) >= 11 is 0. The Balaban J connectivity index is 1.74. The molecule has 10 heteroatoms. The van der Waals surface area contributed by atoms with E-state index in [1.807, 2.05) is 0 Å². The van der Waals surface area contributed by atoms with Gasteiger partial charge in [-0.2, -0.15) is 0 Å². The monoisotopic (exact) mass is 389 g/mol. The minimum absolute atomic E-state index is 0.0985. The lowest BCUT2D eigenvalue weighted by Crippen LogP contribution is -2.16. The van der Waals surface area contributed by atoms with Crippen LogP contribution >= 0.6 is 0 Å². The fourth-order valence-electron chi connectivity index (χ4n) is 2.78. The summed E-state index contributed by atoms with van der Waals surface area (Å²) in [6.07, 6.45) is 3.04. The van der Waals surface area contributed by atoms with Crippen molar-refractivity contribution in [1.29, 1.82) is 0 Å². The van der Waals surface area contributed by atoms with Crippen molar-refractivity contribution in [3.05, 3.63) is 71.8 Å². The zero-order chi connectivity index (χ0) is 20.4. The van der Waals surface area contributed by atoms with Gasteiger partial charge < -0.3 is 21.0 Å². The van der Waals surface area contributed by atoms with Crippen LogP contribution in [-0.4, -0.2) is 37.7 Å². The standard InChI is InChI=1S/C19H15N7O3/c20-15(27)16-24-13-9-11(23-17(28)10-4-2-1-3-5-10)8-12(14(13)25-16)18(29)26-19-21-6-7-22-19/h1-9H,(H2,20,27)(H,23,28)(H,24,25)(H2,21,22,26,29). The summed E-state index contributed by atoms with van der Waals surface area (Å²) in [6.45, 7) is 0. The first-order chi connectivity index (χ1) is 14.0. The van der Waals surface area contributed by atoms with E-state index in [1.165, 1.54) is 12.3 Å². The average Bonchev–Trinajstić information content (AvgIpc) is 3.37. The topological polar surface area (TPSA) is 159 Å². The fourth-order valence-corrected chi connectivity index (χ4v) is 2.78. The van der Waals surface area contributed by atoms with E-state index < -0.39 is 11.8 Å². The molecule has 0 saturated heterocycles. The molecule has 3 amide bonds. The molecule has 29 heavy (non-hydrogen) atoms. The Kier molecular flexibility index (Phi) is 4.49. The molecule has 0 aliphatic rings. The number of carbonyl (C=O) groups is 3. The largest absolute Gasteiger partial charge is 0.363 e. The molecule has 0 fully saturated rings. The highest BCUT2D eigenvalue weighted by Gasteiger charge is 2.19. The van der Waals surface area contributed by atoms with Crippen LogP contribution < -0.4 is 16.4 Å². The van der Waals surface area contributed by atoms with Gasteiger partial charge in [0, 0.05) is 23.6 Å². The number of fused-ring (bicyclic) bond motifs is 1. The van der Waals surface area contributed by atoms with E-state index in [9.17, 15) is 14.4 Å². The summed E-state index contributed by atoms with van der Waals surface area (Å²) in [6, 6.07) is 11.7. The smallest absolute Gasteiger partial charge is 0.284 e. The van der Waals surface area contributed by atoms with Gasteiger partial charge in [0.2, 0.25) is 5.95 Å². The molecule has 0 bridgehead atoms. The van der Waals surface area contributed by atoms with Crippen molar-refractivity contribution >= 4 is 40.4 Å². The van der Waals surface area contributed by atoms with Crippen LogP contribution in [0.1, 0.15) is 31.3 Å². The van der Waals surface area contributed by atoms with Crippen LogP contribution in [0.2, 0.25) is 0 Å². The molecule has 6 N–H and O–H groups in total. The van der Waals surface area contributed by atoms with E-state index >= 15 is 0 Å². The first-order valence-corrected chi connectivity index (χ1v) is 8.52. The predicted molar refractivity (Wildman–Crippen MR) is 106 cm³/mol. The SMILES string of the molecule is NC(=O)c1nc2c(C(=O)Nc3ncc[nH]3)cc(NC(=O)c3ccccc3)cc2[nH]1. The van der Waals surface area contributed by atoms with E-state index in [1.54, 1.807) is 42.6 Å². The van der Waals surface area contributed by atoms with Crippen molar-refractivity contribution in [3.63, 3.8) is 0 Å². The van der Waals surface area contributed by atoms with Gasteiger partial charge in [-0.1, -0.05) is 18.2 Å². The lowest BCUT2D eigenvalue weighted by molar-refractivity contribution is 0.0988. The van der Waals surface area contributed by atoms with Crippen LogP contribution in [0, 0.1) is 0 Å². The molecule has 144 valence electrons. The van der Waals surface area contributed by atoms with Crippen LogP contribution in [0.5, 0.6) is 0 Å². The number of hydrogen-bond donors (Lipinski definition) is 5. The van der Waals surface area contributed by atoms with Crippen LogP contribution in [-0.2, 0) is 0 Å². The lowest BCUT2D eigenvalue weighted by Gasteiger charge is -2.09. The lowest BCUT2D eigenvalue weighted by atomic mass is 10.1. The summed E-state index contributed by atoms with van der Waals surface area (Å²) in [7, 11) is 0. The van der Waals surface area contributed by atoms with E-state index in [0.29, 0.717) is 16.8 Å². The Labute approximate surface area is 163 Å². The molecular formula is C19H15N7O3. The third-order valence-corrected chi connectivity index (χ3v) is 4.09. The van der Waals surface area contributed by atoms with Crippen molar-refractivity contribution in [1.82, 2.24) is 19.9 Å². The molecule has 4 rings (SSSR count). The molecule has 0 aliphatic carbocycles. The van der Waals surface area contributed by atoms with Gasteiger partial charge in [0.1, 0.15) is 5.52 Å². The molecule has 2 heterocycles. The zero-order valence-electron chi connectivity index (χ0n) is 14.9. The third-order valence-electron chi connectivity index (χ3n) is 4.09. The summed E-state index contributed by atoms with van der Waals surface area (Å²) in [4.78, 5) is 50.3. The number of H-pyrrole nitrogens is 2. The van der Waals surface area contributed by atoms with E-state index in [2.05, 4.69) is 30.6 Å². The second kappa shape index (κ2) is 7.27. The summed E-state index contributed by atoms with van der Waals surface area (Å²) in [5, 5.41) is 5.33. The van der Waals surface area contributed by atoms with E-state index in [-0.39, 0.29) is 28.8 Å². The number of imidazole rings is 2. The minimum Gasteiger partial charge on any atom is -0.363 e. The van der Waals surface area contributed by atoms with Crippen molar-refractivity contribution < 1.29 is 14.4 Å². The highest BCUT2D eigenvalue weighted by atomic mass is 16.2. The molecule has 0 saturated carbocycles. The number of aromatic nitrogens is 4. The van der Waals surface area contributed by atoms with Gasteiger partial charge in [-0.15, -0.1) is 0 Å². The fraction of sp³-hybridized carbons (Fsp3) is 0. The number of benzene rings is 2. The van der Waals surface area contributed by atoms with Crippen LogP contribution in [0.3, 0.4) is 0 Å². The predicted octanol–water partition coefficient (Wildman–Crippen LogP) is 1.89. The van der Waals surface area contributed by atoms with Gasteiger partial charge in [0.05, 0.1) is 11.1 Å². The van der Waals surface area contributed by atoms with Gasteiger partial charge in [0.15, 0.2) is 5.82 Å². The number of anilines is 2. The van der Waals surface area contributed by atoms with E-state index in [4.69, 9.17) is 5.73 Å². The molecule has 4 aromatic rings. The van der Waals surface area contributed by atoms with Crippen LogP contribution in [0.4, 0.5) is 11.6 Å². The Morgan fingerprint density at radius 2 is 1.79 bits per heavy atom. The minimum atomic E-state index is -0.770. The Morgan fingerprint density at radius 1 is 1.00 bits per heavy atom. The second-order valence-corrected chi connectivity index (χ2v) is 6.08. The van der Waals surface area contributed by atoms with Crippen molar-refractivity contribution in [2.24, 2.45) is 5.73 Å². The average molecular weight is 389 g/mol. The first kappa shape index (κ1) is 17.9. The Bertz CT molecular complexity index is 1210. The van der Waals surface area contributed by atoms with Crippen molar-refractivity contribution in [2.45, 2.75) is 0 Å². The van der Waals surface area contributed by atoms with Gasteiger partial charge in [-0.25, -0.2) is 9.97 Å². The van der Waals surface area contributed by atoms with Crippen LogP contribution in [0.25, 0.3) is 11.0 Å². The number of carbonyl (C=O) groups excluding carboxylic acids is 3. The maximum Gasteiger partial charge on any atom is 0.284 e. The first-order valence-electron chi connectivity index (χ1n) is 8.52. The van der Waals surface area contributed by atoms with Crippen molar-refractivity contribution in [2.75, 3.05) is 10.6 Å². The van der Waals surface area contributed by atoms with Gasteiger partial charge >= 0.3 is 0 Å². The molecular weight excluding hydrogens is 374 g/mol. The number of hydrogen-bond acceptors (Lipinski definition) is 5. The number of amides is 3. The molecule has 0 radical (unpaired) electrons. The summed E-state index contributed by atoms with van der Waals surface area (Å²) in [5.41, 5.74) is 6.83. The molecule has 0 unspecified atom stereocenters. The normalized spacial score (nSPS) is 10.6. The number of nitrogens with one attached hydrogen (secondary N) is 4. The third kappa shape index (κ3) is 3.67. The highest BCUT2D eigenvalue weighted by Crippen LogP contribution is 2.24. The molecule has 10 nitrogen and oxygen atoms in total. The molecule has 2 aromatic carbocycles. The van der Waals surface area contributed by atoms with Gasteiger partial charge in [-0.3, -0.25) is 19.7 Å². The zero-order valence-corrected chi connectivity index (χ0v) is 14.9. The summed E-state index contributed by atoms with van der Waals surface area (Å²) < 4.78 is 0.